The number of anilines is 2. The zero-order valence-corrected chi connectivity index (χ0v) is 7.14. The molecule has 4 heteroatoms. The molecule has 0 aliphatic rings. The molecule has 3 nitrogen and oxygen atoms in total. The third-order valence-electron chi connectivity index (χ3n) is 1.53. The molecule has 0 fully saturated rings. The highest BCUT2D eigenvalue weighted by atomic mass is 35.5. The number of ketones is 1. The summed E-state index contributed by atoms with van der Waals surface area (Å²) < 4.78 is 0. The number of halogens is 1. The van der Waals surface area contributed by atoms with Gasteiger partial charge in [-0.1, -0.05) is 0 Å². The first-order chi connectivity index (χ1) is 5.65. The van der Waals surface area contributed by atoms with Crippen LogP contribution in [0.15, 0.2) is 18.2 Å². The number of carbonyl (C=O) groups is 1. The molecule has 0 saturated carbocycles. The molecule has 0 aromatic heterocycles. The van der Waals surface area contributed by atoms with Crippen molar-refractivity contribution in [3.8, 4) is 0 Å². The molecule has 12 heavy (non-hydrogen) atoms. The van der Waals surface area contributed by atoms with Crippen LogP contribution in [-0.4, -0.2) is 11.7 Å². The highest BCUT2D eigenvalue weighted by Crippen LogP contribution is 2.16. The second kappa shape index (κ2) is 3.45. The zero-order chi connectivity index (χ0) is 9.14. The molecule has 4 N–H and O–H groups in total. The summed E-state index contributed by atoms with van der Waals surface area (Å²) in [5.41, 5.74) is 12.3. The van der Waals surface area contributed by atoms with Crippen LogP contribution in [0, 0.1) is 0 Å². The molecule has 0 saturated heterocycles. The van der Waals surface area contributed by atoms with Gasteiger partial charge in [0, 0.05) is 5.56 Å². The lowest BCUT2D eigenvalue weighted by Crippen LogP contribution is -2.02. The van der Waals surface area contributed by atoms with Crippen molar-refractivity contribution in [2.45, 2.75) is 0 Å². The SMILES string of the molecule is Nc1ccc(C(=O)CCl)cc1N. The average molecular weight is 185 g/mol. The lowest BCUT2D eigenvalue weighted by Gasteiger charge is -2.01. The van der Waals surface area contributed by atoms with Crippen molar-refractivity contribution in [1.82, 2.24) is 0 Å². The van der Waals surface area contributed by atoms with Gasteiger partial charge >= 0.3 is 0 Å². The van der Waals surface area contributed by atoms with Crippen molar-refractivity contribution in [2.24, 2.45) is 0 Å². The van der Waals surface area contributed by atoms with E-state index in [1.807, 2.05) is 0 Å². The molecule has 0 atom stereocenters. The Kier molecular flexibility index (Phi) is 2.55. The molecule has 0 amide bonds. The van der Waals surface area contributed by atoms with Crippen molar-refractivity contribution in [2.75, 3.05) is 17.3 Å². The van der Waals surface area contributed by atoms with Gasteiger partial charge in [-0.3, -0.25) is 4.79 Å². The molecule has 0 radical (unpaired) electrons. The smallest absolute Gasteiger partial charge is 0.177 e. The third-order valence-corrected chi connectivity index (χ3v) is 1.77. The maximum atomic E-state index is 11.0. The van der Waals surface area contributed by atoms with E-state index >= 15 is 0 Å². The van der Waals surface area contributed by atoms with Gasteiger partial charge in [0.2, 0.25) is 0 Å². The number of alkyl halides is 1. The number of benzene rings is 1. The summed E-state index contributed by atoms with van der Waals surface area (Å²) in [5, 5.41) is 0. The van der Waals surface area contributed by atoms with Crippen LogP contribution in [0.1, 0.15) is 10.4 Å². The molecular formula is C8H9ClN2O. The van der Waals surface area contributed by atoms with Crippen molar-refractivity contribution in [3.63, 3.8) is 0 Å². The minimum absolute atomic E-state index is 0.0383. The van der Waals surface area contributed by atoms with Gasteiger partial charge in [0.1, 0.15) is 0 Å². The molecule has 1 rings (SSSR count). The number of Topliss-reactive ketones (excluding diaryl/α,β-unsaturated/α-hetero) is 1. The monoisotopic (exact) mass is 184 g/mol. The van der Waals surface area contributed by atoms with E-state index in [-0.39, 0.29) is 11.7 Å². The number of nitrogen functional groups attached to an aromatic ring is 2. The summed E-state index contributed by atoms with van der Waals surface area (Å²) in [6, 6.07) is 4.73. The molecule has 0 aliphatic carbocycles. The summed E-state index contributed by atoms with van der Waals surface area (Å²) in [6.45, 7) is 0. The lowest BCUT2D eigenvalue weighted by atomic mass is 10.1. The van der Waals surface area contributed by atoms with E-state index in [9.17, 15) is 4.79 Å². The van der Waals surface area contributed by atoms with E-state index in [0.29, 0.717) is 16.9 Å². The zero-order valence-electron chi connectivity index (χ0n) is 6.38. The number of carbonyl (C=O) groups excluding carboxylic acids is 1. The molecule has 0 spiro atoms. The highest BCUT2D eigenvalue weighted by Gasteiger charge is 2.04. The maximum Gasteiger partial charge on any atom is 0.177 e. The van der Waals surface area contributed by atoms with Crippen LogP contribution in [0.25, 0.3) is 0 Å². The van der Waals surface area contributed by atoms with E-state index in [2.05, 4.69) is 0 Å². The number of hydrogen-bond acceptors (Lipinski definition) is 3. The maximum absolute atomic E-state index is 11.0. The van der Waals surface area contributed by atoms with Crippen molar-refractivity contribution >= 4 is 28.8 Å². The number of hydrogen-bond donors (Lipinski definition) is 2. The van der Waals surface area contributed by atoms with Gasteiger partial charge in [0.05, 0.1) is 17.3 Å². The summed E-state index contributed by atoms with van der Waals surface area (Å²) in [5.74, 6) is -0.188. The Hall–Kier alpha value is -1.22. The van der Waals surface area contributed by atoms with Crippen molar-refractivity contribution in [1.29, 1.82) is 0 Å². The number of rotatable bonds is 2. The van der Waals surface area contributed by atoms with E-state index in [4.69, 9.17) is 23.1 Å². The first-order valence-electron chi connectivity index (χ1n) is 3.39. The van der Waals surface area contributed by atoms with Gasteiger partial charge in [-0.25, -0.2) is 0 Å². The molecule has 1 aromatic rings. The Morgan fingerprint density at radius 2 is 2.00 bits per heavy atom. The van der Waals surface area contributed by atoms with E-state index in [1.54, 1.807) is 12.1 Å². The Balaban J connectivity index is 3.05. The van der Waals surface area contributed by atoms with Crippen LogP contribution in [-0.2, 0) is 0 Å². The second-order valence-corrected chi connectivity index (χ2v) is 2.67. The van der Waals surface area contributed by atoms with Crippen LogP contribution in [0.2, 0.25) is 0 Å². The van der Waals surface area contributed by atoms with Crippen LogP contribution in [0.3, 0.4) is 0 Å². The predicted molar refractivity (Wildman–Crippen MR) is 50.3 cm³/mol. The summed E-state index contributed by atoms with van der Waals surface area (Å²) in [4.78, 5) is 11.0. The fraction of sp³-hybridized carbons (Fsp3) is 0.125. The van der Waals surface area contributed by atoms with Gasteiger partial charge in [-0.15, -0.1) is 11.6 Å². The van der Waals surface area contributed by atoms with Crippen molar-refractivity contribution < 1.29 is 4.79 Å². The third kappa shape index (κ3) is 1.68. The quantitative estimate of drug-likeness (QED) is 0.413. The highest BCUT2D eigenvalue weighted by molar-refractivity contribution is 6.30. The predicted octanol–water partition coefficient (Wildman–Crippen LogP) is 1.27. The molecule has 0 unspecified atom stereocenters. The largest absolute Gasteiger partial charge is 0.397 e. The Morgan fingerprint density at radius 3 is 2.50 bits per heavy atom. The lowest BCUT2D eigenvalue weighted by molar-refractivity contribution is 0.102. The van der Waals surface area contributed by atoms with Gasteiger partial charge < -0.3 is 11.5 Å². The minimum Gasteiger partial charge on any atom is -0.397 e. The van der Waals surface area contributed by atoms with E-state index in [0.717, 1.165) is 0 Å². The van der Waals surface area contributed by atoms with Gasteiger partial charge in [0.25, 0.3) is 0 Å². The Labute approximate surface area is 75.3 Å². The summed E-state index contributed by atoms with van der Waals surface area (Å²) in [6.07, 6.45) is 0. The van der Waals surface area contributed by atoms with Gasteiger partial charge in [-0.05, 0) is 18.2 Å². The van der Waals surface area contributed by atoms with Crippen LogP contribution >= 0.6 is 11.6 Å². The topological polar surface area (TPSA) is 69.1 Å². The van der Waals surface area contributed by atoms with Crippen LogP contribution in [0.4, 0.5) is 11.4 Å². The standard InChI is InChI=1S/C8H9ClN2O/c9-4-8(12)5-1-2-6(10)7(11)3-5/h1-3H,4,10-11H2. The first kappa shape index (κ1) is 8.87. The number of nitrogens with two attached hydrogens (primary N) is 2. The summed E-state index contributed by atoms with van der Waals surface area (Å²) in [7, 11) is 0. The normalized spacial score (nSPS) is 9.75. The fourth-order valence-electron chi connectivity index (χ4n) is 0.825. The van der Waals surface area contributed by atoms with Crippen molar-refractivity contribution in [3.05, 3.63) is 23.8 Å². The van der Waals surface area contributed by atoms with Crippen LogP contribution in [0.5, 0.6) is 0 Å². The molecule has 0 aliphatic heterocycles. The van der Waals surface area contributed by atoms with E-state index < -0.39 is 0 Å². The Morgan fingerprint density at radius 1 is 1.33 bits per heavy atom. The van der Waals surface area contributed by atoms with E-state index in [1.165, 1.54) is 6.07 Å². The molecule has 64 valence electrons. The minimum atomic E-state index is -0.150. The first-order valence-corrected chi connectivity index (χ1v) is 3.92. The average Bonchev–Trinajstić information content (AvgIpc) is 2.08. The molecule has 0 bridgehead atoms. The summed E-state index contributed by atoms with van der Waals surface area (Å²) >= 11 is 5.36. The van der Waals surface area contributed by atoms with Gasteiger partial charge in [-0.2, -0.15) is 0 Å². The van der Waals surface area contributed by atoms with Crippen LogP contribution < -0.4 is 11.5 Å². The molecule has 1 aromatic carbocycles. The Bertz CT molecular complexity index is 312. The second-order valence-electron chi connectivity index (χ2n) is 2.40. The fourth-order valence-corrected chi connectivity index (χ4v) is 0.980. The molecular weight excluding hydrogens is 176 g/mol. The van der Waals surface area contributed by atoms with Gasteiger partial charge in [0.15, 0.2) is 5.78 Å². The molecule has 0 heterocycles.